The molecule has 1 aliphatic heterocycles. The number of likely N-dealkylation sites (tertiary alicyclic amines) is 1. The third kappa shape index (κ3) is 1.44. The van der Waals surface area contributed by atoms with Crippen LogP contribution in [0.5, 0.6) is 0 Å². The SMILES string of the molecule is CCCN1C[CH]CC1=O. The monoisotopic (exact) mass is 126 g/mol. The number of hydrogen-bond acceptors (Lipinski definition) is 1. The molecule has 1 heterocycles. The Kier molecular flexibility index (Phi) is 2.09. The molecule has 0 saturated carbocycles. The Labute approximate surface area is 55.8 Å². The lowest BCUT2D eigenvalue weighted by molar-refractivity contribution is -0.127. The lowest BCUT2D eigenvalue weighted by Crippen LogP contribution is -2.24. The predicted octanol–water partition coefficient (Wildman–Crippen LogP) is 0.833. The largest absolute Gasteiger partial charge is 0.342 e. The number of carbonyl (C=O) groups is 1. The minimum absolute atomic E-state index is 0.289. The van der Waals surface area contributed by atoms with Crippen LogP contribution in [-0.2, 0) is 4.79 Å². The van der Waals surface area contributed by atoms with Crippen molar-refractivity contribution >= 4 is 5.91 Å². The van der Waals surface area contributed by atoms with Gasteiger partial charge < -0.3 is 4.90 Å². The van der Waals surface area contributed by atoms with Crippen LogP contribution in [-0.4, -0.2) is 23.9 Å². The summed E-state index contributed by atoms with van der Waals surface area (Å²) in [6.45, 7) is 3.88. The van der Waals surface area contributed by atoms with E-state index in [9.17, 15) is 4.79 Å². The summed E-state index contributed by atoms with van der Waals surface area (Å²) in [5.41, 5.74) is 0. The van der Waals surface area contributed by atoms with Gasteiger partial charge in [0.1, 0.15) is 0 Å². The van der Waals surface area contributed by atoms with E-state index in [0.29, 0.717) is 6.42 Å². The number of nitrogens with zero attached hydrogens (tertiary/aromatic N) is 1. The molecule has 1 saturated heterocycles. The highest BCUT2D eigenvalue weighted by Gasteiger charge is 2.18. The molecule has 51 valence electrons. The van der Waals surface area contributed by atoms with E-state index in [4.69, 9.17) is 0 Å². The van der Waals surface area contributed by atoms with Crippen molar-refractivity contribution in [2.75, 3.05) is 13.1 Å². The lowest BCUT2D eigenvalue weighted by atomic mass is 10.4. The fourth-order valence-electron chi connectivity index (χ4n) is 1.06. The molecule has 0 aromatic rings. The summed E-state index contributed by atoms with van der Waals surface area (Å²) in [6.07, 6.45) is 3.75. The predicted molar refractivity (Wildman–Crippen MR) is 35.8 cm³/mol. The van der Waals surface area contributed by atoms with Gasteiger partial charge in [0, 0.05) is 19.5 Å². The molecule has 0 atom stereocenters. The zero-order valence-corrected chi connectivity index (χ0v) is 5.76. The van der Waals surface area contributed by atoms with Crippen LogP contribution in [0.25, 0.3) is 0 Å². The van der Waals surface area contributed by atoms with Crippen molar-refractivity contribution in [2.45, 2.75) is 19.8 Å². The van der Waals surface area contributed by atoms with Crippen molar-refractivity contribution < 1.29 is 4.79 Å². The summed E-state index contributed by atoms with van der Waals surface area (Å²) < 4.78 is 0. The zero-order chi connectivity index (χ0) is 6.69. The topological polar surface area (TPSA) is 20.3 Å². The zero-order valence-electron chi connectivity index (χ0n) is 5.76. The molecular weight excluding hydrogens is 114 g/mol. The normalized spacial score (nSPS) is 19.2. The standard InChI is InChI=1S/C7H12NO/c1-2-5-8-6-3-4-7(8)9/h3H,2,4-6H2,1H3. The maximum absolute atomic E-state index is 10.9. The molecule has 1 radical (unpaired) electrons. The molecule has 1 fully saturated rings. The van der Waals surface area contributed by atoms with Gasteiger partial charge in [-0.1, -0.05) is 6.92 Å². The number of carbonyl (C=O) groups excluding carboxylic acids is 1. The van der Waals surface area contributed by atoms with E-state index in [0.717, 1.165) is 19.5 Å². The Morgan fingerprint density at radius 2 is 2.56 bits per heavy atom. The third-order valence-corrected chi connectivity index (χ3v) is 1.51. The van der Waals surface area contributed by atoms with E-state index in [1.807, 2.05) is 11.3 Å². The van der Waals surface area contributed by atoms with Gasteiger partial charge in [0.05, 0.1) is 0 Å². The van der Waals surface area contributed by atoms with Gasteiger partial charge in [-0.25, -0.2) is 0 Å². The number of rotatable bonds is 2. The second-order valence-corrected chi connectivity index (χ2v) is 2.33. The van der Waals surface area contributed by atoms with E-state index in [2.05, 4.69) is 6.92 Å². The van der Waals surface area contributed by atoms with E-state index in [1.54, 1.807) is 0 Å². The number of hydrogen-bond donors (Lipinski definition) is 0. The average Bonchev–Trinajstić information content (AvgIpc) is 2.18. The van der Waals surface area contributed by atoms with Crippen molar-refractivity contribution in [1.29, 1.82) is 0 Å². The molecule has 2 heteroatoms. The first-order valence-corrected chi connectivity index (χ1v) is 3.44. The Bertz CT molecular complexity index is 111. The van der Waals surface area contributed by atoms with Gasteiger partial charge in [0.2, 0.25) is 5.91 Å². The second kappa shape index (κ2) is 2.85. The molecule has 1 aliphatic rings. The first-order chi connectivity index (χ1) is 4.34. The van der Waals surface area contributed by atoms with E-state index < -0.39 is 0 Å². The van der Waals surface area contributed by atoms with Crippen LogP contribution < -0.4 is 0 Å². The van der Waals surface area contributed by atoms with Crippen molar-refractivity contribution in [2.24, 2.45) is 0 Å². The molecule has 0 aliphatic carbocycles. The highest BCUT2D eigenvalue weighted by atomic mass is 16.2. The number of amides is 1. The summed E-state index contributed by atoms with van der Waals surface area (Å²) >= 11 is 0. The molecule has 1 rings (SSSR count). The van der Waals surface area contributed by atoms with Crippen LogP contribution in [0.15, 0.2) is 0 Å². The average molecular weight is 126 g/mol. The van der Waals surface area contributed by atoms with Gasteiger partial charge in [-0.15, -0.1) is 0 Å². The molecule has 0 N–H and O–H groups in total. The molecule has 1 amide bonds. The second-order valence-electron chi connectivity index (χ2n) is 2.33. The van der Waals surface area contributed by atoms with Gasteiger partial charge in [0.15, 0.2) is 0 Å². The molecule has 0 aromatic heterocycles. The fourth-order valence-corrected chi connectivity index (χ4v) is 1.06. The van der Waals surface area contributed by atoms with Gasteiger partial charge in [-0.3, -0.25) is 4.79 Å². The van der Waals surface area contributed by atoms with E-state index in [1.165, 1.54) is 0 Å². The summed E-state index contributed by atoms with van der Waals surface area (Å²) in [5.74, 6) is 0.289. The highest BCUT2D eigenvalue weighted by Crippen LogP contribution is 2.07. The van der Waals surface area contributed by atoms with Crippen LogP contribution in [0.1, 0.15) is 19.8 Å². The van der Waals surface area contributed by atoms with Crippen LogP contribution in [0.2, 0.25) is 0 Å². The Balaban J connectivity index is 2.31. The molecule has 9 heavy (non-hydrogen) atoms. The lowest BCUT2D eigenvalue weighted by Gasteiger charge is -2.12. The molecule has 0 unspecified atom stereocenters. The van der Waals surface area contributed by atoms with Crippen LogP contribution in [0, 0.1) is 6.42 Å². The van der Waals surface area contributed by atoms with Crippen molar-refractivity contribution in [3.63, 3.8) is 0 Å². The molecular formula is C7H12NO. The van der Waals surface area contributed by atoms with E-state index in [-0.39, 0.29) is 5.91 Å². The van der Waals surface area contributed by atoms with Gasteiger partial charge >= 0.3 is 0 Å². The molecule has 0 bridgehead atoms. The van der Waals surface area contributed by atoms with Crippen LogP contribution in [0.3, 0.4) is 0 Å². The van der Waals surface area contributed by atoms with Crippen LogP contribution >= 0.6 is 0 Å². The Hall–Kier alpha value is -0.530. The summed E-state index contributed by atoms with van der Waals surface area (Å²) in [6, 6.07) is 0. The maximum atomic E-state index is 10.9. The van der Waals surface area contributed by atoms with Crippen molar-refractivity contribution in [1.82, 2.24) is 4.90 Å². The highest BCUT2D eigenvalue weighted by molar-refractivity contribution is 5.79. The summed E-state index contributed by atoms with van der Waals surface area (Å²) in [5, 5.41) is 0. The Morgan fingerprint density at radius 3 is 3.00 bits per heavy atom. The van der Waals surface area contributed by atoms with Gasteiger partial charge in [-0.05, 0) is 12.8 Å². The maximum Gasteiger partial charge on any atom is 0.222 e. The minimum Gasteiger partial charge on any atom is -0.342 e. The molecule has 0 spiro atoms. The smallest absolute Gasteiger partial charge is 0.222 e. The minimum atomic E-state index is 0.289. The van der Waals surface area contributed by atoms with E-state index >= 15 is 0 Å². The third-order valence-electron chi connectivity index (χ3n) is 1.51. The van der Waals surface area contributed by atoms with Gasteiger partial charge in [-0.2, -0.15) is 0 Å². The molecule has 2 nitrogen and oxygen atoms in total. The molecule has 0 aromatic carbocycles. The first-order valence-electron chi connectivity index (χ1n) is 3.44. The first kappa shape index (κ1) is 6.59. The van der Waals surface area contributed by atoms with Gasteiger partial charge in [0.25, 0.3) is 0 Å². The summed E-state index contributed by atoms with van der Waals surface area (Å²) in [7, 11) is 0. The van der Waals surface area contributed by atoms with Crippen LogP contribution in [0.4, 0.5) is 0 Å². The quantitative estimate of drug-likeness (QED) is 0.536. The fraction of sp³-hybridized carbons (Fsp3) is 0.714. The van der Waals surface area contributed by atoms with Crippen molar-refractivity contribution in [3.05, 3.63) is 6.42 Å². The summed E-state index contributed by atoms with van der Waals surface area (Å²) in [4.78, 5) is 12.7. The van der Waals surface area contributed by atoms with Crippen molar-refractivity contribution in [3.8, 4) is 0 Å². The Morgan fingerprint density at radius 1 is 1.78 bits per heavy atom.